The number of anilines is 1. The first-order valence-corrected chi connectivity index (χ1v) is 8.64. The van der Waals surface area contributed by atoms with E-state index in [1.54, 1.807) is 0 Å². The van der Waals surface area contributed by atoms with Gasteiger partial charge < -0.3 is 10.1 Å². The summed E-state index contributed by atoms with van der Waals surface area (Å²) in [6.45, 7) is 6.88. The highest BCUT2D eigenvalue weighted by molar-refractivity contribution is 7.15. The van der Waals surface area contributed by atoms with Gasteiger partial charge in [0, 0.05) is 11.8 Å². The van der Waals surface area contributed by atoms with Crippen LogP contribution in [-0.2, 0) is 10.2 Å². The molecule has 6 heteroatoms. The molecule has 23 heavy (non-hydrogen) atoms. The van der Waals surface area contributed by atoms with Crippen molar-refractivity contribution in [2.45, 2.75) is 45.4 Å². The molecule has 2 aromatic rings. The van der Waals surface area contributed by atoms with Crippen LogP contribution in [0.3, 0.4) is 0 Å². The van der Waals surface area contributed by atoms with Gasteiger partial charge in [0.25, 0.3) is 0 Å². The molecular formula is C17H23N3O2S. The van der Waals surface area contributed by atoms with E-state index in [1.165, 1.54) is 11.3 Å². The molecule has 1 aromatic carbocycles. The van der Waals surface area contributed by atoms with E-state index in [4.69, 9.17) is 4.74 Å². The number of rotatable bonds is 8. The quantitative estimate of drug-likeness (QED) is 0.741. The first-order valence-electron chi connectivity index (χ1n) is 7.83. The second-order valence-electron chi connectivity index (χ2n) is 5.96. The van der Waals surface area contributed by atoms with Crippen LogP contribution in [0.5, 0.6) is 5.75 Å². The molecule has 0 spiro atoms. The van der Waals surface area contributed by atoms with E-state index in [9.17, 15) is 4.79 Å². The predicted molar refractivity (Wildman–Crippen MR) is 93.0 cm³/mol. The molecular weight excluding hydrogens is 310 g/mol. The Morgan fingerprint density at radius 1 is 1.26 bits per heavy atom. The van der Waals surface area contributed by atoms with E-state index in [1.807, 2.05) is 30.3 Å². The van der Waals surface area contributed by atoms with E-state index in [0.29, 0.717) is 24.6 Å². The molecule has 1 N–H and O–H groups in total. The van der Waals surface area contributed by atoms with Crippen LogP contribution in [0.2, 0.25) is 0 Å². The Kier molecular flexibility index (Phi) is 6.10. The number of carbonyl (C=O) groups is 1. The van der Waals surface area contributed by atoms with Crippen LogP contribution in [0.15, 0.2) is 30.3 Å². The maximum absolute atomic E-state index is 11.9. The van der Waals surface area contributed by atoms with E-state index in [2.05, 4.69) is 36.3 Å². The number of nitrogens with one attached hydrogen (secondary N) is 1. The van der Waals surface area contributed by atoms with E-state index < -0.39 is 0 Å². The Morgan fingerprint density at radius 2 is 2.00 bits per heavy atom. The Bertz CT molecular complexity index is 626. The molecule has 0 fully saturated rings. The van der Waals surface area contributed by atoms with Gasteiger partial charge in [0.2, 0.25) is 11.0 Å². The number of amides is 1. The van der Waals surface area contributed by atoms with Crippen LogP contribution < -0.4 is 10.1 Å². The van der Waals surface area contributed by atoms with Crippen LogP contribution in [0, 0.1) is 0 Å². The Labute approximate surface area is 141 Å². The van der Waals surface area contributed by atoms with E-state index in [0.717, 1.165) is 17.2 Å². The minimum absolute atomic E-state index is 0.00975. The van der Waals surface area contributed by atoms with Gasteiger partial charge in [-0.05, 0) is 25.0 Å². The van der Waals surface area contributed by atoms with Crippen LogP contribution in [-0.4, -0.2) is 22.7 Å². The summed E-state index contributed by atoms with van der Waals surface area (Å²) < 4.78 is 5.56. The minimum Gasteiger partial charge on any atom is -0.494 e. The van der Waals surface area contributed by atoms with E-state index >= 15 is 0 Å². The van der Waals surface area contributed by atoms with Crippen molar-refractivity contribution >= 4 is 22.4 Å². The first kappa shape index (κ1) is 17.4. The molecule has 0 atom stereocenters. The van der Waals surface area contributed by atoms with Crippen LogP contribution in [0.4, 0.5) is 5.13 Å². The lowest BCUT2D eigenvalue weighted by atomic mass is 9.91. The first-order chi connectivity index (χ1) is 11.0. The number of nitrogens with zero attached hydrogens (tertiary/aromatic N) is 2. The molecule has 0 aliphatic rings. The molecule has 5 nitrogen and oxygen atoms in total. The molecule has 0 saturated carbocycles. The van der Waals surface area contributed by atoms with Gasteiger partial charge in [-0.3, -0.25) is 4.79 Å². The second kappa shape index (κ2) is 8.06. The molecule has 2 rings (SSSR count). The zero-order valence-corrected chi connectivity index (χ0v) is 14.7. The number of aromatic nitrogens is 2. The standard InChI is InChI=1S/C17H23N3O2S/c1-4-17(2,3)15-19-20-16(23-15)18-14(21)11-8-12-22-13-9-6-5-7-10-13/h5-7,9-10H,4,8,11-12H2,1-3H3,(H,18,20,21). The molecule has 1 heterocycles. The van der Waals surface area contributed by atoms with Crippen LogP contribution >= 0.6 is 11.3 Å². The largest absolute Gasteiger partial charge is 0.494 e. The lowest BCUT2D eigenvalue weighted by molar-refractivity contribution is -0.116. The summed E-state index contributed by atoms with van der Waals surface area (Å²) in [6.07, 6.45) is 2.04. The van der Waals surface area contributed by atoms with Crippen molar-refractivity contribution in [3.05, 3.63) is 35.3 Å². The van der Waals surface area contributed by atoms with Crippen molar-refractivity contribution in [1.82, 2.24) is 10.2 Å². The second-order valence-corrected chi connectivity index (χ2v) is 6.94. The fourth-order valence-electron chi connectivity index (χ4n) is 1.82. The summed E-state index contributed by atoms with van der Waals surface area (Å²) in [7, 11) is 0. The summed E-state index contributed by atoms with van der Waals surface area (Å²) in [5, 5.41) is 12.5. The molecule has 0 unspecified atom stereocenters. The molecule has 0 aliphatic carbocycles. The number of benzene rings is 1. The summed E-state index contributed by atoms with van der Waals surface area (Å²) in [6, 6.07) is 9.59. The summed E-state index contributed by atoms with van der Waals surface area (Å²) in [4.78, 5) is 11.9. The summed E-state index contributed by atoms with van der Waals surface area (Å²) in [5.41, 5.74) is -0.00975. The summed E-state index contributed by atoms with van der Waals surface area (Å²) >= 11 is 1.44. The van der Waals surface area contributed by atoms with Crippen molar-refractivity contribution in [1.29, 1.82) is 0 Å². The predicted octanol–water partition coefficient (Wildman–Crippen LogP) is 4.02. The lowest BCUT2D eigenvalue weighted by Crippen LogP contribution is -2.14. The Morgan fingerprint density at radius 3 is 2.70 bits per heavy atom. The fraction of sp³-hybridized carbons (Fsp3) is 0.471. The minimum atomic E-state index is -0.0568. The fourth-order valence-corrected chi connectivity index (χ4v) is 2.75. The van der Waals surface area contributed by atoms with Gasteiger partial charge in [-0.2, -0.15) is 0 Å². The molecule has 1 amide bonds. The highest BCUT2D eigenvalue weighted by atomic mass is 32.1. The van der Waals surface area contributed by atoms with Gasteiger partial charge >= 0.3 is 0 Å². The number of ether oxygens (including phenoxy) is 1. The number of hydrogen-bond acceptors (Lipinski definition) is 5. The third kappa shape index (κ3) is 5.32. The monoisotopic (exact) mass is 333 g/mol. The van der Waals surface area contributed by atoms with Gasteiger partial charge in [0.05, 0.1) is 6.61 Å². The average molecular weight is 333 g/mol. The van der Waals surface area contributed by atoms with Gasteiger partial charge in [-0.25, -0.2) is 0 Å². The Balaban J connectivity index is 1.73. The van der Waals surface area contributed by atoms with Crippen molar-refractivity contribution in [3.63, 3.8) is 0 Å². The highest BCUT2D eigenvalue weighted by Crippen LogP contribution is 2.30. The zero-order chi connectivity index (χ0) is 16.7. The maximum Gasteiger partial charge on any atom is 0.226 e. The molecule has 0 bridgehead atoms. The third-order valence-electron chi connectivity index (χ3n) is 3.69. The Hall–Kier alpha value is -1.95. The van der Waals surface area contributed by atoms with Crippen molar-refractivity contribution in [3.8, 4) is 5.75 Å². The van der Waals surface area contributed by atoms with Crippen molar-refractivity contribution < 1.29 is 9.53 Å². The zero-order valence-electron chi connectivity index (χ0n) is 13.8. The van der Waals surface area contributed by atoms with Crippen LogP contribution in [0.25, 0.3) is 0 Å². The average Bonchev–Trinajstić information content (AvgIpc) is 3.02. The van der Waals surface area contributed by atoms with E-state index in [-0.39, 0.29) is 11.3 Å². The molecule has 0 aliphatic heterocycles. The topological polar surface area (TPSA) is 64.1 Å². The lowest BCUT2D eigenvalue weighted by Gasteiger charge is -2.17. The molecule has 124 valence electrons. The third-order valence-corrected chi connectivity index (χ3v) is 4.90. The van der Waals surface area contributed by atoms with Gasteiger partial charge in [-0.15, -0.1) is 10.2 Å². The van der Waals surface area contributed by atoms with Gasteiger partial charge in [0.1, 0.15) is 10.8 Å². The smallest absolute Gasteiger partial charge is 0.226 e. The SMILES string of the molecule is CCC(C)(C)c1nnc(NC(=O)CCCOc2ccccc2)s1. The highest BCUT2D eigenvalue weighted by Gasteiger charge is 2.23. The van der Waals surface area contributed by atoms with Gasteiger partial charge in [0.15, 0.2) is 0 Å². The van der Waals surface area contributed by atoms with Crippen molar-refractivity contribution in [2.75, 3.05) is 11.9 Å². The molecule has 1 aromatic heterocycles. The number of carbonyl (C=O) groups excluding carboxylic acids is 1. The van der Waals surface area contributed by atoms with Gasteiger partial charge in [-0.1, -0.05) is 50.3 Å². The molecule has 0 radical (unpaired) electrons. The van der Waals surface area contributed by atoms with Crippen LogP contribution in [0.1, 0.15) is 45.0 Å². The maximum atomic E-state index is 11.9. The molecule has 0 saturated heterocycles. The number of para-hydroxylation sites is 1. The number of hydrogen-bond donors (Lipinski definition) is 1. The summed E-state index contributed by atoms with van der Waals surface area (Å²) in [5.74, 6) is 0.766. The normalized spacial score (nSPS) is 11.3. The van der Waals surface area contributed by atoms with Crippen molar-refractivity contribution in [2.24, 2.45) is 0 Å².